The third-order valence-corrected chi connectivity index (χ3v) is 12.1. The average molecular weight is 727 g/mol. The number of aromatic nitrogens is 9. The molecule has 0 amide bonds. The van der Waals surface area contributed by atoms with E-state index in [1.165, 1.54) is 34.0 Å². The van der Waals surface area contributed by atoms with Crippen molar-refractivity contribution in [2.75, 3.05) is 31.9 Å². The molecule has 3 fully saturated rings. The molecule has 5 aromatic heterocycles. The molecule has 0 spiro atoms. The van der Waals surface area contributed by atoms with E-state index in [1.807, 2.05) is 4.57 Å². The SMILES string of the molecule is Nc1ncnc2c1ncn2[C@@H]1C[C@@H]2COP(O)(=S)CO[C@@H]3[C@H](O)[C@@H](COP(O)(=S)OC[C@H]21)O[C@H]3n1cnc2c(=O)n3ccnc3[nH]c21. The number of nitrogens with two attached hydrogens (primary N) is 1. The van der Waals surface area contributed by atoms with E-state index in [9.17, 15) is 19.7 Å². The molecule has 6 N–H and O–H groups in total. The zero-order valence-corrected chi connectivity index (χ0v) is 27.5. The summed E-state index contributed by atoms with van der Waals surface area (Å²) in [5.74, 6) is 0.0982. The molecular weight excluding hydrogens is 698 g/mol. The van der Waals surface area contributed by atoms with E-state index >= 15 is 0 Å². The Morgan fingerprint density at radius 2 is 1.79 bits per heavy atom. The molecule has 2 aliphatic heterocycles. The van der Waals surface area contributed by atoms with Crippen molar-refractivity contribution in [2.24, 2.45) is 11.8 Å². The zero-order chi connectivity index (χ0) is 32.7. The summed E-state index contributed by atoms with van der Waals surface area (Å²) < 4.78 is 34.2. The van der Waals surface area contributed by atoms with Crippen LogP contribution in [0.15, 0.2) is 36.2 Å². The highest BCUT2D eigenvalue weighted by Gasteiger charge is 2.49. The van der Waals surface area contributed by atoms with Crippen LogP contribution in [0.3, 0.4) is 0 Å². The number of hydrogen-bond donors (Lipinski definition) is 5. The number of anilines is 1. The van der Waals surface area contributed by atoms with Crippen LogP contribution in [0.5, 0.6) is 0 Å². The molecule has 7 heterocycles. The predicted octanol–water partition coefficient (Wildman–Crippen LogP) is 0.155. The van der Waals surface area contributed by atoms with Crippen LogP contribution in [0, 0.1) is 11.8 Å². The molecule has 8 rings (SSSR count). The molecule has 3 aliphatic rings. The molecular formula is C24H28N10O9P2S2. The van der Waals surface area contributed by atoms with E-state index in [-0.39, 0.29) is 60.5 Å². The number of aliphatic hydroxyl groups excluding tert-OH is 1. The highest BCUT2D eigenvalue weighted by molar-refractivity contribution is 8.09. The molecule has 5 aromatic rings. The Morgan fingerprint density at radius 3 is 2.64 bits per heavy atom. The number of fused-ring (bicyclic) bond motifs is 6. The van der Waals surface area contributed by atoms with Crippen molar-refractivity contribution in [2.45, 2.75) is 37.0 Å². The van der Waals surface area contributed by atoms with E-state index in [0.717, 1.165) is 0 Å². The second-order valence-electron chi connectivity index (χ2n) is 11.5. The Labute approximate surface area is 274 Å². The van der Waals surface area contributed by atoms with Crippen molar-refractivity contribution in [3.05, 3.63) is 41.7 Å². The lowest BCUT2D eigenvalue weighted by Crippen LogP contribution is -2.43. The lowest BCUT2D eigenvalue weighted by Gasteiger charge is -2.45. The van der Waals surface area contributed by atoms with Gasteiger partial charge in [0.1, 0.15) is 42.2 Å². The fourth-order valence-corrected chi connectivity index (χ4v) is 8.70. The number of H-pyrrole nitrogens is 1. The minimum atomic E-state index is -3.84. The highest BCUT2D eigenvalue weighted by atomic mass is 32.5. The van der Waals surface area contributed by atoms with Gasteiger partial charge in [0.2, 0.25) is 12.3 Å². The molecule has 19 nitrogen and oxygen atoms in total. The minimum absolute atomic E-state index is 0.0204. The molecule has 0 radical (unpaired) electrons. The highest BCUT2D eigenvalue weighted by Crippen LogP contribution is 2.53. The van der Waals surface area contributed by atoms with Crippen molar-refractivity contribution in [3.8, 4) is 0 Å². The van der Waals surface area contributed by atoms with E-state index in [2.05, 4.69) is 29.9 Å². The van der Waals surface area contributed by atoms with Gasteiger partial charge in [0.15, 0.2) is 23.2 Å². The number of hydrogen-bond acceptors (Lipinski definition) is 15. The number of nitrogen functional groups attached to an aromatic ring is 1. The van der Waals surface area contributed by atoms with Crippen LogP contribution in [0.1, 0.15) is 18.7 Å². The summed E-state index contributed by atoms with van der Waals surface area (Å²) in [4.78, 5) is 59.2. The number of imidazole rings is 3. The van der Waals surface area contributed by atoms with Crippen molar-refractivity contribution in [1.82, 2.24) is 43.4 Å². The first-order chi connectivity index (χ1) is 22.5. The monoisotopic (exact) mass is 726 g/mol. The number of nitrogens with one attached hydrogen (secondary N) is 1. The summed E-state index contributed by atoms with van der Waals surface area (Å²) in [7, 11) is 0. The van der Waals surface area contributed by atoms with Gasteiger partial charge < -0.3 is 53.2 Å². The van der Waals surface area contributed by atoms with Crippen molar-refractivity contribution >= 4 is 70.7 Å². The third-order valence-electron chi connectivity index (χ3n) is 8.81. The molecule has 2 bridgehead atoms. The van der Waals surface area contributed by atoms with Crippen molar-refractivity contribution in [1.29, 1.82) is 0 Å². The van der Waals surface area contributed by atoms with Gasteiger partial charge in [-0.1, -0.05) is 0 Å². The van der Waals surface area contributed by atoms with Gasteiger partial charge in [0.25, 0.3) is 5.56 Å². The molecule has 9 atom stereocenters. The van der Waals surface area contributed by atoms with E-state index in [0.29, 0.717) is 17.6 Å². The number of rotatable bonds is 2. The molecule has 0 aromatic carbocycles. The lowest BCUT2D eigenvalue weighted by molar-refractivity contribution is -0.0642. The number of aliphatic hydroxyl groups is 1. The van der Waals surface area contributed by atoms with Gasteiger partial charge in [-0.2, -0.15) is 0 Å². The average Bonchev–Trinajstić information content (AvgIpc) is 3.81. The van der Waals surface area contributed by atoms with Crippen LogP contribution in [-0.2, 0) is 46.7 Å². The molecule has 47 heavy (non-hydrogen) atoms. The summed E-state index contributed by atoms with van der Waals surface area (Å²) in [5.41, 5.74) is 6.91. The Morgan fingerprint density at radius 1 is 1.00 bits per heavy atom. The van der Waals surface area contributed by atoms with Crippen LogP contribution >= 0.6 is 13.2 Å². The van der Waals surface area contributed by atoms with Crippen LogP contribution in [0.25, 0.3) is 28.1 Å². The standard InChI is InChI=1S/C24H28N10O9P2S2/c25-19-15-20(28-7-27-19)33(8-29-15)13-3-11-4-40-44(37,46)10-39-18-17(35)14(6-42-45(38,47)41-5-12(11)13)43-23(18)34-9-30-16-21(34)31-24-26-1-2-32(24)22(16)36/h1-2,7-9,11-14,17-18,23,35H,3-6,10H2,(H,26,31)(H,37,46)(H,38,47)(H2,25,27,28)/t11-,12-,13-,14-,17-,18-,23-,44?,45?/m1/s1. The maximum absolute atomic E-state index is 13.0. The second-order valence-corrected chi connectivity index (χ2v) is 17.9. The van der Waals surface area contributed by atoms with Gasteiger partial charge in [-0.05, 0) is 36.0 Å². The van der Waals surface area contributed by atoms with Gasteiger partial charge in [0.05, 0.1) is 32.5 Å². The molecule has 1 saturated carbocycles. The maximum atomic E-state index is 13.0. The van der Waals surface area contributed by atoms with Crippen LogP contribution in [-0.4, -0.2) is 103 Å². The Hall–Kier alpha value is -2.78. The fraction of sp³-hybridized carbons (Fsp3) is 0.500. The summed E-state index contributed by atoms with van der Waals surface area (Å²) in [5, 5.41) is 11.3. The summed E-state index contributed by atoms with van der Waals surface area (Å²) in [6, 6.07) is -0.178. The molecule has 250 valence electrons. The van der Waals surface area contributed by atoms with Gasteiger partial charge in [-0.3, -0.25) is 9.36 Å². The van der Waals surface area contributed by atoms with Crippen LogP contribution in [0.2, 0.25) is 0 Å². The van der Waals surface area contributed by atoms with E-state index < -0.39 is 49.7 Å². The summed E-state index contributed by atoms with van der Waals surface area (Å²) >= 11 is 10.8. The predicted molar refractivity (Wildman–Crippen MR) is 170 cm³/mol. The number of aromatic amines is 1. The topological polar surface area (TPSA) is 244 Å². The Kier molecular flexibility index (Phi) is 7.82. The van der Waals surface area contributed by atoms with Crippen LogP contribution < -0.4 is 11.3 Å². The zero-order valence-electron chi connectivity index (χ0n) is 24.1. The number of ether oxygens (including phenoxy) is 2. The quantitative estimate of drug-likeness (QED) is 0.152. The van der Waals surface area contributed by atoms with Gasteiger partial charge in [0, 0.05) is 24.4 Å². The molecule has 1 aliphatic carbocycles. The van der Waals surface area contributed by atoms with Gasteiger partial charge >= 0.3 is 6.72 Å². The largest absolute Gasteiger partial charge is 0.387 e. The molecule has 2 unspecified atom stereocenters. The first-order valence-electron chi connectivity index (χ1n) is 14.4. The molecule has 2 saturated heterocycles. The van der Waals surface area contributed by atoms with E-state index in [1.54, 1.807) is 6.33 Å². The second kappa shape index (κ2) is 11.7. The summed E-state index contributed by atoms with van der Waals surface area (Å²) in [6.45, 7) is -7.70. The number of nitrogens with zero attached hydrogens (tertiary/aromatic N) is 8. The van der Waals surface area contributed by atoms with Gasteiger partial charge in [-0.15, -0.1) is 0 Å². The van der Waals surface area contributed by atoms with E-state index in [4.69, 9.17) is 52.4 Å². The maximum Gasteiger partial charge on any atom is 0.324 e. The van der Waals surface area contributed by atoms with Crippen LogP contribution in [0.4, 0.5) is 5.82 Å². The molecule has 23 heteroatoms. The van der Waals surface area contributed by atoms with Crippen molar-refractivity contribution < 1.29 is 37.9 Å². The first-order valence-corrected chi connectivity index (χ1v) is 19.8. The normalized spacial score (nSPS) is 35.4. The smallest absolute Gasteiger partial charge is 0.324 e. The minimum Gasteiger partial charge on any atom is -0.387 e. The Bertz CT molecular complexity index is 2160. The first kappa shape index (κ1) is 31.5. The fourth-order valence-electron chi connectivity index (χ4n) is 6.34. The van der Waals surface area contributed by atoms with Crippen molar-refractivity contribution in [3.63, 3.8) is 0 Å². The lowest BCUT2D eigenvalue weighted by atomic mass is 9.70. The Balaban J connectivity index is 1.07. The van der Waals surface area contributed by atoms with Gasteiger partial charge in [-0.25, -0.2) is 29.3 Å². The summed E-state index contributed by atoms with van der Waals surface area (Å²) in [6.07, 6.45) is 2.85. The third kappa shape index (κ3) is 5.53.